The second-order valence-corrected chi connectivity index (χ2v) is 6.27. The van der Waals surface area contributed by atoms with E-state index in [0.29, 0.717) is 19.5 Å². The third kappa shape index (κ3) is 3.64. The number of nitrogens with one attached hydrogen (secondary N) is 1. The van der Waals surface area contributed by atoms with Crippen molar-refractivity contribution in [2.24, 2.45) is 11.8 Å². The Labute approximate surface area is 134 Å². The Morgan fingerprint density at radius 2 is 1.95 bits per heavy atom. The minimum atomic E-state index is -0.179. The van der Waals surface area contributed by atoms with Crippen LogP contribution in [0.2, 0.25) is 0 Å². The predicted molar refractivity (Wildman–Crippen MR) is 87.0 cm³/mol. The molecule has 114 valence electrons. The van der Waals surface area contributed by atoms with Crippen molar-refractivity contribution in [2.45, 2.75) is 27.2 Å². The van der Waals surface area contributed by atoms with Gasteiger partial charge in [-0.3, -0.25) is 9.59 Å². The molecule has 1 aliphatic rings. The number of carbonyl (C=O) groups is 2. The molecule has 1 aliphatic carbocycles. The Hall–Kier alpha value is -1.36. The summed E-state index contributed by atoms with van der Waals surface area (Å²) < 4.78 is 1.02. The predicted octanol–water partition coefficient (Wildman–Crippen LogP) is 3.20. The molecule has 0 radical (unpaired) electrons. The number of hydrogen-bond donors (Lipinski definition) is 1. The van der Waals surface area contributed by atoms with Gasteiger partial charge in [0.15, 0.2) is 0 Å². The number of halogens is 1. The number of aryl methyl sites for hydroxylation is 1. The summed E-state index contributed by atoms with van der Waals surface area (Å²) in [7, 11) is 0. The van der Waals surface area contributed by atoms with Gasteiger partial charge in [-0.2, -0.15) is 0 Å². The average Bonchev–Trinajstić information content (AvgIpc) is 3.24. The second-order valence-electron chi connectivity index (χ2n) is 5.41. The Bertz CT molecular complexity index is 555. The normalized spacial score (nSPS) is 20.0. The summed E-state index contributed by atoms with van der Waals surface area (Å²) in [6, 6.07) is 5.69. The van der Waals surface area contributed by atoms with E-state index in [4.69, 9.17) is 0 Å². The second kappa shape index (κ2) is 6.60. The van der Waals surface area contributed by atoms with Crippen LogP contribution < -0.4 is 5.32 Å². The van der Waals surface area contributed by atoms with Crippen LogP contribution in [0, 0.1) is 18.8 Å². The summed E-state index contributed by atoms with van der Waals surface area (Å²) in [6.07, 6.45) is 0.663. The maximum atomic E-state index is 12.2. The molecule has 2 atom stereocenters. The lowest BCUT2D eigenvalue weighted by Crippen LogP contribution is -2.33. The zero-order chi connectivity index (χ0) is 15.6. The minimum absolute atomic E-state index is 0.0535. The number of benzene rings is 1. The molecule has 1 fully saturated rings. The third-order valence-corrected chi connectivity index (χ3v) is 4.83. The maximum absolute atomic E-state index is 12.2. The van der Waals surface area contributed by atoms with E-state index in [2.05, 4.69) is 21.2 Å². The number of rotatable bonds is 5. The fraction of sp³-hybridized carbons (Fsp3) is 0.500. The zero-order valence-corrected chi connectivity index (χ0v) is 14.2. The van der Waals surface area contributed by atoms with E-state index in [1.807, 2.05) is 39.0 Å². The lowest BCUT2D eigenvalue weighted by atomic mass is 10.2. The van der Waals surface area contributed by atoms with Gasteiger partial charge >= 0.3 is 0 Å². The van der Waals surface area contributed by atoms with Gasteiger partial charge in [0, 0.05) is 23.2 Å². The SMILES string of the molecule is CCN(CC)C(=O)C1CC1C(=O)Nc1ccc(Br)c(C)c1. The molecule has 0 aliphatic heterocycles. The largest absolute Gasteiger partial charge is 0.343 e. The molecule has 4 nitrogen and oxygen atoms in total. The summed E-state index contributed by atoms with van der Waals surface area (Å²) in [5, 5.41) is 2.90. The molecular weight excluding hydrogens is 332 g/mol. The van der Waals surface area contributed by atoms with Gasteiger partial charge in [-0.1, -0.05) is 15.9 Å². The first kappa shape index (κ1) is 16.0. The molecule has 2 rings (SSSR count). The van der Waals surface area contributed by atoms with Crippen molar-refractivity contribution in [1.82, 2.24) is 4.90 Å². The number of nitrogens with zero attached hydrogens (tertiary/aromatic N) is 1. The highest BCUT2D eigenvalue weighted by atomic mass is 79.9. The third-order valence-electron chi connectivity index (χ3n) is 3.95. The van der Waals surface area contributed by atoms with E-state index in [0.717, 1.165) is 15.7 Å². The van der Waals surface area contributed by atoms with Crippen LogP contribution in [0.4, 0.5) is 5.69 Å². The molecule has 0 aromatic heterocycles. The molecule has 1 aromatic carbocycles. The van der Waals surface area contributed by atoms with E-state index < -0.39 is 0 Å². The topological polar surface area (TPSA) is 49.4 Å². The highest BCUT2D eigenvalue weighted by Crippen LogP contribution is 2.40. The van der Waals surface area contributed by atoms with Crippen LogP contribution in [-0.4, -0.2) is 29.8 Å². The van der Waals surface area contributed by atoms with Gasteiger partial charge in [-0.25, -0.2) is 0 Å². The smallest absolute Gasteiger partial charge is 0.228 e. The highest BCUT2D eigenvalue weighted by molar-refractivity contribution is 9.10. The molecule has 2 unspecified atom stereocenters. The van der Waals surface area contributed by atoms with Crippen molar-refractivity contribution in [3.8, 4) is 0 Å². The van der Waals surface area contributed by atoms with E-state index in [1.165, 1.54) is 0 Å². The van der Waals surface area contributed by atoms with Gasteiger partial charge in [-0.05, 0) is 51.0 Å². The highest BCUT2D eigenvalue weighted by Gasteiger charge is 2.49. The molecule has 0 heterocycles. The van der Waals surface area contributed by atoms with Crippen molar-refractivity contribution in [2.75, 3.05) is 18.4 Å². The molecule has 1 aromatic rings. The standard InChI is InChI=1S/C16H21BrN2O2/c1-4-19(5-2)16(21)13-9-12(13)15(20)18-11-6-7-14(17)10(3)8-11/h6-8,12-13H,4-5,9H2,1-3H3,(H,18,20). The van der Waals surface area contributed by atoms with Gasteiger partial charge in [0.05, 0.1) is 11.8 Å². The maximum Gasteiger partial charge on any atom is 0.228 e. The molecule has 0 saturated heterocycles. The average molecular weight is 353 g/mol. The summed E-state index contributed by atoms with van der Waals surface area (Å²) >= 11 is 3.43. The van der Waals surface area contributed by atoms with Crippen molar-refractivity contribution in [1.29, 1.82) is 0 Å². The first-order valence-electron chi connectivity index (χ1n) is 7.33. The van der Waals surface area contributed by atoms with E-state index in [1.54, 1.807) is 4.90 Å². The van der Waals surface area contributed by atoms with Gasteiger partial charge in [0.25, 0.3) is 0 Å². The Balaban J connectivity index is 1.94. The van der Waals surface area contributed by atoms with Crippen LogP contribution in [0.1, 0.15) is 25.8 Å². The van der Waals surface area contributed by atoms with Crippen LogP contribution in [0.15, 0.2) is 22.7 Å². The van der Waals surface area contributed by atoms with Gasteiger partial charge in [-0.15, -0.1) is 0 Å². The van der Waals surface area contributed by atoms with Crippen molar-refractivity contribution < 1.29 is 9.59 Å². The zero-order valence-electron chi connectivity index (χ0n) is 12.6. The van der Waals surface area contributed by atoms with E-state index in [9.17, 15) is 9.59 Å². The lowest BCUT2D eigenvalue weighted by molar-refractivity contribution is -0.133. The van der Waals surface area contributed by atoms with Gasteiger partial charge < -0.3 is 10.2 Å². The summed E-state index contributed by atoms with van der Waals surface area (Å²) in [5.74, 6) is -0.266. The fourth-order valence-electron chi connectivity index (χ4n) is 2.48. The van der Waals surface area contributed by atoms with Crippen molar-refractivity contribution >= 4 is 33.4 Å². The molecule has 21 heavy (non-hydrogen) atoms. The number of hydrogen-bond acceptors (Lipinski definition) is 2. The molecule has 1 N–H and O–H groups in total. The van der Waals surface area contributed by atoms with Gasteiger partial charge in [0.2, 0.25) is 11.8 Å². The van der Waals surface area contributed by atoms with Crippen LogP contribution in [0.3, 0.4) is 0 Å². The lowest BCUT2D eigenvalue weighted by Gasteiger charge is -2.18. The first-order valence-corrected chi connectivity index (χ1v) is 8.13. The van der Waals surface area contributed by atoms with Crippen LogP contribution in [0.5, 0.6) is 0 Å². The summed E-state index contributed by atoms with van der Waals surface area (Å²) in [5.41, 5.74) is 1.85. The monoisotopic (exact) mass is 352 g/mol. The number of amides is 2. The molecular formula is C16H21BrN2O2. The minimum Gasteiger partial charge on any atom is -0.343 e. The van der Waals surface area contributed by atoms with Crippen LogP contribution in [-0.2, 0) is 9.59 Å². The molecule has 5 heteroatoms. The Morgan fingerprint density at radius 1 is 1.29 bits per heavy atom. The molecule has 0 spiro atoms. The van der Waals surface area contributed by atoms with E-state index >= 15 is 0 Å². The fourth-order valence-corrected chi connectivity index (χ4v) is 2.73. The Morgan fingerprint density at radius 3 is 2.52 bits per heavy atom. The number of anilines is 1. The molecule has 2 amide bonds. The molecule has 0 bridgehead atoms. The summed E-state index contributed by atoms with van der Waals surface area (Å²) in [6.45, 7) is 7.30. The van der Waals surface area contributed by atoms with Crippen molar-refractivity contribution in [3.05, 3.63) is 28.2 Å². The van der Waals surface area contributed by atoms with Gasteiger partial charge in [0.1, 0.15) is 0 Å². The van der Waals surface area contributed by atoms with E-state index in [-0.39, 0.29) is 23.7 Å². The van der Waals surface area contributed by atoms with Crippen molar-refractivity contribution in [3.63, 3.8) is 0 Å². The van der Waals surface area contributed by atoms with Crippen LogP contribution >= 0.6 is 15.9 Å². The number of carbonyl (C=O) groups excluding carboxylic acids is 2. The summed E-state index contributed by atoms with van der Waals surface area (Å²) in [4.78, 5) is 26.2. The quantitative estimate of drug-likeness (QED) is 0.884. The molecule has 1 saturated carbocycles. The van der Waals surface area contributed by atoms with Crippen LogP contribution in [0.25, 0.3) is 0 Å². The first-order chi connectivity index (χ1) is 9.97. The Kier molecular flexibility index (Phi) is 5.04.